The fourth-order valence-corrected chi connectivity index (χ4v) is 4.09. The van der Waals surface area contributed by atoms with Crippen molar-refractivity contribution >= 4 is 0 Å². The lowest BCUT2D eigenvalue weighted by molar-refractivity contribution is -0.0904. The Morgan fingerprint density at radius 1 is 1.22 bits per heavy atom. The molecular formula is C15H29NO2. The molecule has 0 aromatic carbocycles. The summed E-state index contributed by atoms with van der Waals surface area (Å²) in [5.74, 6) is 0.345. The second-order valence-electron chi connectivity index (χ2n) is 5.91. The van der Waals surface area contributed by atoms with Gasteiger partial charge in [0.15, 0.2) is 0 Å². The monoisotopic (exact) mass is 255 g/mol. The van der Waals surface area contributed by atoms with Crippen molar-refractivity contribution in [3.05, 3.63) is 0 Å². The van der Waals surface area contributed by atoms with E-state index in [0.29, 0.717) is 5.92 Å². The van der Waals surface area contributed by atoms with Gasteiger partial charge in [-0.15, -0.1) is 0 Å². The molecule has 0 bridgehead atoms. The Labute approximate surface area is 112 Å². The van der Waals surface area contributed by atoms with Crippen LogP contribution in [0.4, 0.5) is 0 Å². The first-order chi connectivity index (χ1) is 8.74. The third-order valence-electron chi connectivity index (χ3n) is 5.06. The largest absolute Gasteiger partial charge is 0.391 e. The smallest absolute Gasteiger partial charge is 0.0773 e. The van der Waals surface area contributed by atoms with Gasteiger partial charge in [-0.2, -0.15) is 0 Å². The highest BCUT2D eigenvalue weighted by Crippen LogP contribution is 2.41. The molecule has 2 fully saturated rings. The molecule has 2 aliphatic rings. The lowest BCUT2D eigenvalue weighted by Crippen LogP contribution is -2.58. The van der Waals surface area contributed by atoms with Gasteiger partial charge in [0.05, 0.1) is 12.7 Å². The zero-order valence-electron chi connectivity index (χ0n) is 12.0. The maximum Gasteiger partial charge on any atom is 0.0773 e. The number of rotatable bonds is 5. The van der Waals surface area contributed by atoms with E-state index in [2.05, 4.69) is 18.7 Å². The average molecular weight is 255 g/mol. The highest BCUT2D eigenvalue weighted by molar-refractivity contribution is 5.02. The molecule has 18 heavy (non-hydrogen) atoms. The quantitative estimate of drug-likeness (QED) is 0.819. The van der Waals surface area contributed by atoms with Gasteiger partial charge in [-0.3, -0.25) is 4.90 Å². The van der Waals surface area contributed by atoms with Crippen molar-refractivity contribution < 1.29 is 9.84 Å². The second kappa shape index (κ2) is 6.36. The molecule has 0 aromatic rings. The number of aliphatic hydroxyl groups excluding tert-OH is 1. The van der Waals surface area contributed by atoms with Crippen LogP contribution in [0.3, 0.4) is 0 Å². The van der Waals surface area contributed by atoms with Gasteiger partial charge in [0.1, 0.15) is 0 Å². The van der Waals surface area contributed by atoms with E-state index in [1.807, 2.05) is 0 Å². The molecule has 0 radical (unpaired) electrons. The first-order valence-electron chi connectivity index (χ1n) is 7.75. The van der Waals surface area contributed by atoms with Gasteiger partial charge < -0.3 is 9.84 Å². The summed E-state index contributed by atoms with van der Waals surface area (Å²) in [6.07, 6.45) is 6.88. The second-order valence-corrected chi connectivity index (χ2v) is 5.91. The first kappa shape index (κ1) is 14.3. The van der Waals surface area contributed by atoms with Crippen LogP contribution in [0, 0.1) is 5.92 Å². The van der Waals surface area contributed by atoms with Crippen molar-refractivity contribution in [1.82, 2.24) is 4.90 Å². The van der Waals surface area contributed by atoms with Crippen LogP contribution in [0.15, 0.2) is 0 Å². The Bertz CT molecular complexity index is 241. The maximum absolute atomic E-state index is 10.9. The van der Waals surface area contributed by atoms with Crippen LogP contribution in [0.5, 0.6) is 0 Å². The Balaban J connectivity index is 2.12. The summed E-state index contributed by atoms with van der Waals surface area (Å²) >= 11 is 0. The van der Waals surface area contributed by atoms with Gasteiger partial charge >= 0.3 is 0 Å². The summed E-state index contributed by atoms with van der Waals surface area (Å²) in [5, 5.41) is 10.9. The van der Waals surface area contributed by atoms with Crippen molar-refractivity contribution in [3.8, 4) is 0 Å². The van der Waals surface area contributed by atoms with Crippen LogP contribution in [-0.4, -0.2) is 48.0 Å². The molecule has 1 saturated heterocycles. The Kier molecular flexibility index (Phi) is 5.05. The first-order valence-corrected chi connectivity index (χ1v) is 7.75. The number of likely N-dealkylation sites (N-methyl/N-ethyl adjacent to an activating group) is 1. The van der Waals surface area contributed by atoms with Crippen LogP contribution in [0.2, 0.25) is 0 Å². The molecule has 0 spiro atoms. The summed E-state index contributed by atoms with van der Waals surface area (Å²) in [6, 6.07) is 0. The SMILES string of the molecule is CCN(CC)C1(C(O)C2CCCOC2)CCCC1. The normalized spacial score (nSPS) is 29.7. The summed E-state index contributed by atoms with van der Waals surface area (Å²) in [4.78, 5) is 2.50. The van der Waals surface area contributed by atoms with E-state index in [1.165, 1.54) is 12.8 Å². The molecule has 1 aliphatic heterocycles. The summed E-state index contributed by atoms with van der Waals surface area (Å²) < 4.78 is 5.58. The molecule has 3 heteroatoms. The number of nitrogens with zero attached hydrogens (tertiary/aromatic N) is 1. The van der Waals surface area contributed by atoms with E-state index in [-0.39, 0.29) is 11.6 Å². The zero-order valence-corrected chi connectivity index (χ0v) is 12.0. The minimum absolute atomic E-state index is 0.0366. The van der Waals surface area contributed by atoms with E-state index in [0.717, 1.165) is 52.0 Å². The van der Waals surface area contributed by atoms with E-state index in [9.17, 15) is 5.11 Å². The Morgan fingerprint density at radius 2 is 1.89 bits per heavy atom. The standard InChI is InChI=1S/C15H29NO2/c1-3-16(4-2)15(9-5-6-10-15)14(17)13-8-7-11-18-12-13/h13-14,17H,3-12H2,1-2H3. The van der Waals surface area contributed by atoms with Crippen molar-refractivity contribution in [2.75, 3.05) is 26.3 Å². The lowest BCUT2D eigenvalue weighted by atomic mass is 9.79. The van der Waals surface area contributed by atoms with Gasteiger partial charge in [-0.25, -0.2) is 0 Å². The van der Waals surface area contributed by atoms with Crippen molar-refractivity contribution in [3.63, 3.8) is 0 Å². The lowest BCUT2D eigenvalue weighted by Gasteiger charge is -2.47. The third-order valence-corrected chi connectivity index (χ3v) is 5.06. The molecular weight excluding hydrogens is 226 g/mol. The highest BCUT2D eigenvalue weighted by Gasteiger charge is 2.47. The fourth-order valence-electron chi connectivity index (χ4n) is 4.09. The van der Waals surface area contributed by atoms with Crippen LogP contribution in [0.25, 0.3) is 0 Å². The molecule has 106 valence electrons. The average Bonchev–Trinajstić information content (AvgIpc) is 2.91. The predicted octanol–water partition coefficient (Wildman–Crippen LogP) is 2.43. The van der Waals surface area contributed by atoms with Crippen molar-refractivity contribution in [2.24, 2.45) is 5.92 Å². The minimum Gasteiger partial charge on any atom is -0.391 e. The summed E-state index contributed by atoms with van der Waals surface area (Å²) in [5.41, 5.74) is 0.0366. The molecule has 2 atom stereocenters. The third kappa shape index (κ3) is 2.59. The van der Waals surface area contributed by atoms with Crippen LogP contribution >= 0.6 is 0 Å². The van der Waals surface area contributed by atoms with Gasteiger partial charge in [0.25, 0.3) is 0 Å². The molecule has 3 nitrogen and oxygen atoms in total. The number of hydrogen-bond donors (Lipinski definition) is 1. The van der Waals surface area contributed by atoms with Crippen LogP contribution < -0.4 is 0 Å². The zero-order chi connectivity index (χ0) is 13.0. The molecule has 1 N–H and O–H groups in total. The molecule has 1 aliphatic carbocycles. The summed E-state index contributed by atoms with van der Waals surface area (Å²) in [6.45, 7) is 8.15. The number of aliphatic hydroxyl groups is 1. The predicted molar refractivity (Wildman–Crippen MR) is 73.7 cm³/mol. The van der Waals surface area contributed by atoms with E-state index in [1.54, 1.807) is 0 Å². The van der Waals surface area contributed by atoms with Crippen LogP contribution in [-0.2, 0) is 4.74 Å². The van der Waals surface area contributed by atoms with Gasteiger partial charge in [-0.05, 0) is 38.8 Å². The summed E-state index contributed by atoms with van der Waals surface area (Å²) in [7, 11) is 0. The van der Waals surface area contributed by atoms with Gasteiger partial charge in [-0.1, -0.05) is 26.7 Å². The molecule has 1 saturated carbocycles. The van der Waals surface area contributed by atoms with Crippen molar-refractivity contribution in [1.29, 1.82) is 0 Å². The fraction of sp³-hybridized carbons (Fsp3) is 1.00. The highest BCUT2D eigenvalue weighted by atomic mass is 16.5. The molecule has 2 rings (SSSR count). The minimum atomic E-state index is -0.208. The molecule has 2 unspecified atom stereocenters. The topological polar surface area (TPSA) is 32.7 Å². The van der Waals surface area contributed by atoms with E-state index in [4.69, 9.17) is 4.74 Å². The van der Waals surface area contributed by atoms with Crippen molar-refractivity contribution in [2.45, 2.75) is 64.0 Å². The molecule has 0 amide bonds. The van der Waals surface area contributed by atoms with E-state index >= 15 is 0 Å². The maximum atomic E-state index is 10.9. The van der Waals surface area contributed by atoms with E-state index < -0.39 is 0 Å². The van der Waals surface area contributed by atoms with Gasteiger partial charge in [0.2, 0.25) is 0 Å². The number of ether oxygens (including phenoxy) is 1. The van der Waals surface area contributed by atoms with Gasteiger partial charge in [0, 0.05) is 18.1 Å². The van der Waals surface area contributed by atoms with Crippen LogP contribution in [0.1, 0.15) is 52.4 Å². The number of hydrogen-bond acceptors (Lipinski definition) is 3. The Morgan fingerprint density at radius 3 is 2.39 bits per heavy atom. The molecule has 1 heterocycles. The molecule has 0 aromatic heterocycles. The Hall–Kier alpha value is -0.120.